The van der Waals surface area contributed by atoms with Crippen molar-refractivity contribution >= 4 is 16.9 Å². The predicted molar refractivity (Wildman–Crippen MR) is 124 cm³/mol. The van der Waals surface area contributed by atoms with Gasteiger partial charge in [0.05, 0.1) is 28.8 Å². The maximum absolute atomic E-state index is 13.3. The third kappa shape index (κ3) is 5.07. The second-order valence-corrected chi connectivity index (χ2v) is 9.11. The summed E-state index contributed by atoms with van der Waals surface area (Å²) in [6.07, 6.45) is 1.67. The van der Waals surface area contributed by atoms with Crippen molar-refractivity contribution in [1.29, 1.82) is 0 Å². The Morgan fingerprint density at radius 3 is 2.66 bits per heavy atom. The number of rotatable bonds is 8. The number of nitrogens with one attached hydrogen (secondary N) is 1. The van der Waals surface area contributed by atoms with Crippen LogP contribution in [0, 0.1) is 6.92 Å². The lowest BCUT2D eigenvalue weighted by molar-refractivity contribution is 0.0951. The number of ether oxygens (including phenoxy) is 2. The van der Waals surface area contributed by atoms with E-state index in [1.165, 1.54) is 0 Å². The highest BCUT2D eigenvalue weighted by Crippen LogP contribution is 2.29. The molecule has 8 nitrogen and oxygen atoms in total. The average Bonchev–Trinajstić information content (AvgIpc) is 3.09. The second kappa shape index (κ2) is 9.65. The van der Waals surface area contributed by atoms with Gasteiger partial charge in [-0.2, -0.15) is 5.10 Å². The molecule has 3 heterocycles. The molecule has 1 N–H and O–H groups in total. The lowest BCUT2D eigenvalue weighted by Crippen LogP contribution is -2.25. The molecule has 0 saturated carbocycles. The monoisotopic (exact) mass is 439 g/mol. The van der Waals surface area contributed by atoms with Gasteiger partial charge >= 0.3 is 0 Å². The number of aromatic nitrogens is 4. The van der Waals surface area contributed by atoms with Crippen molar-refractivity contribution in [2.45, 2.75) is 59.5 Å². The van der Waals surface area contributed by atoms with Crippen molar-refractivity contribution in [2.24, 2.45) is 0 Å². The van der Waals surface area contributed by atoms with Gasteiger partial charge in [-0.1, -0.05) is 19.9 Å². The quantitative estimate of drug-likeness (QED) is 0.534. The van der Waals surface area contributed by atoms with Crippen LogP contribution in [0.15, 0.2) is 24.4 Å². The smallest absolute Gasteiger partial charge is 0.252 e. The van der Waals surface area contributed by atoms with E-state index in [4.69, 9.17) is 19.6 Å². The second-order valence-electron chi connectivity index (χ2n) is 9.11. The summed E-state index contributed by atoms with van der Waals surface area (Å²) in [5, 5.41) is 8.52. The summed E-state index contributed by atoms with van der Waals surface area (Å²) in [6.45, 7) is 13.4. The molecule has 0 radical (unpaired) electrons. The van der Waals surface area contributed by atoms with Gasteiger partial charge in [0.2, 0.25) is 5.88 Å². The van der Waals surface area contributed by atoms with Crippen LogP contribution in [0.1, 0.15) is 67.8 Å². The fourth-order valence-corrected chi connectivity index (χ4v) is 3.43. The first-order valence-electron chi connectivity index (χ1n) is 10.9. The van der Waals surface area contributed by atoms with Crippen molar-refractivity contribution in [2.75, 3.05) is 20.3 Å². The molecule has 3 aromatic rings. The Morgan fingerprint density at radius 2 is 2.00 bits per heavy atom. The number of pyridine rings is 2. The van der Waals surface area contributed by atoms with Crippen molar-refractivity contribution < 1.29 is 14.3 Å². The van der Waals surface area contributed by atoms with E-state index in [9.17, 15) is 4.79 Å². The van der Waals surface area contributed by atoms with Crippen molar-refractivity contribution in [3.63, 3.8) is 0 Å². The summed E-state index contributed by atoms with van der Waals surface area (Å²) >= 11 is 0. The molecule has 0 unspecified atom stereocenters. The van der Waals surface area contributed by atoms with Gasteiger partial charge in [0.1, 0.15) is 6.61 Å². The first-order valence-corrected chi connectivity index (χ1v) is 10.9. The molecule has 3 aromatic heterocycles. The Hall–Kier alpha value is -3.00. The predicted octanol–water partition coefficient (Wildman–Crippen LogP) is 3.97. The van der Waals surface area contributed by atoms with Gasteiger partial charge < -0.3 is 14.8 Å². The van der Waals surface area contributed by atoms with E-state index in [0.717, 1.165) is 28.0 Å². The zero-order chi connectivity index (χ0) is 23.5. The molecule has 0 aromatic carbocycles. The fourth-order valence-electron chi connectivity index (χ4n) is 3.43. The van der Waals surface area contributed by atoms with E-state index >= 15 is 0 Å². The van der Waals surface area contributed by atoms with E-state index < -0.39 is 0 Å². The number of hydrogen-bond donors (Lipinski definition) is 1. The number of carbonyl (C=O) groups is 1. The molecule has 1 amide bonds. The van der Waals surface area contributed by atoms with Crippen LogP contribution in [0.2, 0.25) is 0 Å². The van der Waals surface area contributed by atoms with Gasteiger partial charge in [-0.05, 0) is 45.7 Å². The molecule has 0 atom stereocenters. The maximum atomic E-state index is 13.3. The molecule has 32 heavy (non-hydrogen) atoms. The Kier molecular flexibility index (Phi) is 7.13. The number of nitrogens with zero attached hydrogens (tertiary/aromatic N) is 4. The van der Waals surface area contributed by atoms with Crippen LogP contribution >= 0.6 is 0 Å². The molecule has 0 bridgehead atoms. The lowest BCUT2D eigenvalue weighted by atomic mass is 10.0. The van der Waals surface area contributed by atoms with Gasteiger partial charge in [-0.25, -0.2) is 14.6 Å². The molecular weight excluding hydrogens is 406 g/mol. The first-order chi connectivity index (χ1) is 15.1. The largest absolute Gasteiger partial charge is 0.475 e. The van der Waals surface area contributed by atoms with E-state index in [2.05, 4.69) is 44.9 Å². The zero-order valence-electron chi connectivity index (χ0n) is 20.0. The number of amides is 1. The molecule has 3 rings (SSSR count). The highest BCUT2D eigenvalue weighted by Gasteiger charge is 2.25. The van der Waals surface area contributed by atoms with Crippen LogP contribution in [0.3, 0.4) is 0 Å². The molecule has 172 valence electrons. The van der Waals surface area contributed by atoms with E-state index in [-0.39, 0.29) is 17.4 Å². The van der Waals surface area contributed by atoms with Crippen LogP contribution in [-0.2, 0) is 16.8 Å². The van der Waals surface area contributed by atoms with Gasteiger partial charge in [-0.15, -0.1) is 0 Å². The van der Waals surface area contributed by atoms with Crippen molar-refractivity contribution in [3.05, 3.63) is 46.9 Å². The zero-order valence-corrected chi connectivity index (χ0v) is 20.0. The van der Waals surface area contributed by atoms with Crippen molar-refractivity contribution in [3.8, 4) is 5.88 Å². The molecule has 8 heteroatoms. The summed E-state index contributed by atoms with van der Waals surface area (Å²) in [7, 11) is 1.62. The summed E-state index contributed by atoms with van der Waals surface area (Å²) in [4.78, 5) is 22.5. The molecular formula is C24H33N5O3. The van der Waals surface area contributed by atoms with Crippen LogP contribution in [0.4, 0.5) is 0 Å². The molecule has 0 spiro atoms. The van der Waals surface area contributed by atoms with Gasteiger partial charge in [-0.3, -0.25) is 4.79 Å². The molecule has 0 fully saturated rings. The Morgan fingerprint density at radius 1 is 1.25 bits per heavy atom. The molecule has 0 aliphatic heterocycles. The third-order valence-corrected chi connectivity index (χ3v) is 5.12. The van der Waals surface area contributed by atoms with Crippen LogP contribution in [0.25, 0.3) is 11.0 Å². The van der Waals surface area contributed by atoms with E-state index in [0.29, 0.717) is 31.2 Å². The Bertz CT molecular complexity index is 1100. The highest BCUT2D eigenvalue weighted by atomic mass is 16.5. The van der Waals surface area contributed by atoms with E-state index in [1.807, 2.05) is 29.8 Å². The topological polar surface area (TPSA) is 91.2 Å². The van der Waals surface area contributed by atoms with Crippen LogP contribution in [0.5, 0.6) is 5.88 Å². The lowest BCUT2D eigenvalue weighted by Gasteiger charge is -2.20. The van der Waals surface area contributed by atoms with Crippen LogP contribution < -0.4 is 10.1 Å². The fraction of sp³-hybridized carbons (Fsp3) is 0.500. The number of hydrogen-bond acceptors (Lipinski definition) is 6. The van der Waals surface area contributed by atoms with Gasteiger partial charge in [0.15, 0.2) is 5.65 Å². The summed E-state index contributed by atoms with van der Waals surface area (Å²) in [6, 6.07) is 5.59. The minimum Gasteiger partial charge on any atom is -0.475 e. The SMILES string of the molecule is COCCOc1ncccc1CNC(=O)c1cc(C(C)C)nc2c1c(C)nn2C(C)(C)C. The number of methoxy groups -OCH3 is 1. The summed E-state index contributed by atoms with van der Waals surface area (Å²) in [5.41, 5.74) is 3.50. The molecule has 0 aliphatic rings. The van der Waals surface area contributed by atoms with Crippen LogP contribution in [-0.4, -0.2) is 46.0 Å². The Balaban J connectivity index is 1.94. The van der Waals surface area contributed by atoms with E-state index in [1.54, 1.807) is 13.3 Å². The minimum absolute atomic E-state index is 0.175. The average molecular weight is 440 g/mol. The number of carbonyl (C=O) groups excluding carboxylic acids is 1. The molecule has 0 saturated heterocycles. The normalized spacial score (nSPS) is 11.9. The maximum Gasteiger partial charge on any atom is 0.252 e. The Labute approximate surface area is 189 Å². The van der Waals surface area contributed by atoms with Gasteiger partial charge in [0.25, 0.3) is 5.91 Å². The summed E-state index contributed by atoms with van der Waals surface area (Å²) < 4.78 is 12.6. The number of fused-ring (bicyclic) bond motifs is 1. The number of aryl methyl sites for hydroxylation is 1. The standard InChI is InChI=1S/C24H33N5O3/c1-15(2)19-13-18(20-16(3)28-29(21(20)27-19)24(4,5)6)22(30)26-14-17-9-8-10-25-23(17)32-12-11-31-7/h8-10,13,15H,11-12,14H2,1-7H3,(H,26,30). The highest BCUT2D eigenvalue weighted by molar-refractivity contribution is 6.06. The summed E-state index contributed by atoms with van der Waals surface area (Å²) in [5.74, 6) is 0.487. The first kappa shape index (κ1) is 23.7. The molecule has 0 aliphatic carbocycles. The third-order valence-electron chi connectivity index (χ3n) is 5.12. The van der Waals surface area contributed by atoms with Crippen molar-refractivity contribution in [1.82, 2.24) is 25.1 Å². The minimum atomic E-state index is -0.257. The van der Waals surface area contributed by atoms with Gasteiger partial charge in [0, 0.05) is 31.1 Å².